The van der Waals surface area contributed by atoms with E-state index in [2.05, 4.69) is 98.9 Å². The Balaban J connectivity index is 1.87. The van der Waals surface area contributed by atoms with Crippen molar-refractivity contribution in [3.63, 3.8) is 0 Å². The number of nitrogens with zero attached hydrogens (tertiary/aromatic N) is 1. The van der Waals surface area contributed by atoms with Gasteiger partial charge in [0.15, 0.2) is 0 Å². The Bertz CT molecular complexity index is 1160. The molecule has 0 unspecified atom stereocenters. The SMILES string of the molecule is C=C1/C=C2\C(=C/N(NN)c3ccc(-c4ccccc4)cc31)C(/C=C\C=C/C)=CC2(C)C. The van der Waals surface area contributed by atoms with Crippen LogP contribution in [0.15, 0.2) is 114 Å². The predicted octanol–water partition coefficient (Wildman–Crippen LogP) is 6.47. The standard InChI is InChI=1S/C28H29N3/c1-5-6-8-13-23-18-28(3,4)26-16-20(2)24-17-22(21-11-9-7-10-12-21)14-15-27(24)31(30-29)19-25(23)26/h5-19,30H,2,29H2,1,3-4H3/b6-5-,13-8-,25-19-,26-16+. The molecule has 1 aliphatic heterocycles. The van der Waals surface area contributed by atoms with Crippen molar-refractivity contribution in [3.8, 4) is 11.1 Å². The molecule has 3 heteroatoms. The van der Waals surface area contributed by atoms with E-state index >= 15 is 0 Å². The van der Waals surface area contributed by atoms with Crippen LogP contribution in [0.2, 0.25) is 0 Å². The van der Waals surface area contributed by atoms with Gasteiger partial charge < -0.3 is 0 Å². The van der Waals surface area contributed by atoms with E-state index in [1.54, 1.807) is 0 Å². The number of nitrogens with one attached hydrogen (secondary N) is 1. The number of fused-ring (bicyclic) bond motifs is 2. The summed E-state index contributed by atoms with van der Waals surface area (Å²) >= 11 is 0. The highest BCUT2D eigenvalue weighted by Crippen LogP contribution is 2.48. The Morgan fingerprint density at radius 3 is 2.52 bits per heavy atom. The summed E-state index contributed by atoms with van der Waals surface area (Å²) in [6, 6.07) is 16.8. The lowest BCUT2D eigenvalue weighted by Crippen LogP contribution is -2.40. The van der Waals surface area contributed by atoms with E-state index in [0.29, 0.717) is 0 Å². The van der Waals surface area contributed by atoms with Crippen molar-refractivity contribution < 1.29 is 0 Å². The zero-order chi connectivity index (χ0) is 22.0. The summed E-state index contributed by atoms with van der Waals surface area (Å²) in [6.07, 6.45) is 14.9. The molecule has 1 aliphatic carbocycles. The first-order chi connectivity index (χ1) is 14.9. The summed E-state index contributed by atoms with van der Waals surface area (Å²) < 4.78 is 0. The number of nitrogens with two attached hydrogens (primary N) is 1. The second-order valence-corrected chi connectivity index (χ2v) is 8.43. The first-order valence-corrected chi connectivity index (χ1v) is 10.6. The van der Waals surface area contributed by atoms with Crippen LogP contribution in [0.5, 0.6) is 0 Å². The molecule has 2 aromatic rings. The Hall–Kier alpha value is -3.40. The van der Waals surface area contributed by atoms with Crippen LogP contribution in [-0.4, -0.2) is 0 Å². The fraction of sp³-hybridized carbons (Fsp3) is 0.143. The molecule has 2 aliphatic rings. The van der Waals surface area contributed by atoms with Gasteiger partial charge in [0.25, 0.3) is 0 Å². The average molecular weight is 408 g/mol. The minimum Gasteiger partial charge on any atom is -0.270 e. The van der Waals surface area contributed by atoms with Gasteiger partial charge in [0.2, 0.25) is 0 Å². The normalized spacial score (nSPS) is 21.1. The third-order valence-electron chi connectivity index (χ3n) is 5.82. The molecule has 3 N–H and O–H groups in total. The number of hydrazine groups is 2. The second kappa shape index (κ2) is 8.38. The second-order valence-electron chi connectivity index (χ2n) is 8.43. The van der Waals surface area contributed by atoms with Gasteiger partial charge in [0.05, 0.1) is 5.69 Å². The highest BCUT2D eigenvalue weighted by molar-refractivity contribution is 5.88. The summed E-state index contributed by atoms with van der Waals surface area (Å²) in [5, 5.41) is 1.89. The maximum Gasteiger partial charge on any atom is 0.0663 e. The fourth-order valence-corrected chi connectivity index (χ4v) is 4.23. The summed E-state index contributed by atoms with van der Waals surface area (Å²) in [6.45, 7) is 10.9. The van der Waals surface area contributed by atoms with Crippen LogP contribution < -0.4 is 16.4 Å². The van der Waals surface area contributed by atoms with Crippen LogP contribution in [-0.2, 0) is 0 Å². The molecule has 0 saturated carbocycles. The number of rotatable bonds is 4. The van der Waals surface area contributed by atoms with E-state index in [4.69, 9.17) is 5.84 Å². The maximum absolute atomic E-state index is 5.98. The Kier molecular flexibility index (Phi) is 5.64. The molecule has 0 fully saturated rings. The zero-order valence-corrected chi connectivity index (χ0v) is 18.4. The first-order valence-electron chi connectivity index (χ1n) is 10.6. The number of hydrogen-bond acceptors (Lipinski definition) is 3. The molecule has 0 atom stereocenters. The minimum atomic E-state index is -0.112. The Morgan fingerprint density at radius 2 is 1.81 bits per heavy atom. The van der Waals surface area contributed by atoms with E-state index in [0.717, 1.165) is 28.0 Å². The first kappa shape index (κ1) is 20.9. The van der Waals surface area contributed by atoms with Crippen molar-refractivity contribution in [1.29, 1.82) is 0 Å². The smallest absolute Gasteiger partial charge is 0.0663 e. The van der Waals surface area contributed by atoms with Gasteiger partial charge in [0, 0.05) is 22.8 Å². The van der Waals surface area contributed by atoms with Crippen LogP contribution in [0.1, 0.15) is 26.3 Å². The van der Waals surface area contributed by atoms with Crippen LogP contribution in [0.3, 0.4) is 0 Å². The number of anilines is 1. The molecule has 0 bridgehead atoms. The van der Waals surface area contributed by atoms with Gasteiger partial charge >= 0.3 is 0 Å². The highest BCUT2D eigenvalue weighted by atomic mass is 15.6. The van der Waals surface area contributed by atoms with E-state index in [-0.39, 0.29) is 5.41 Å². The van der Waals surface area contributed by atoms with Crippen molar-refractivity contribution >= 4 is 11.3 Å². The zero-order valence-electron chi connectivity index (χ0n) is 18.4. The summed E-state index contributed by atoms with van der Waals surface area (Å²) in [5.74, 6) is 5.98. The van der Waals surface area contributed by atoms with Gasteiger partial charge in [-0.15, -0.1) is 0 Å². The number of hydrogen-bond donors (Lipinski definition) is 2. The van der Waals surface area contributed by atoms with Gasteiger partial charge in [-0.1, -0.05) is 93.3 Å². The quantitative estimate of drug-likeness (QED) is 0.346. The molecule has 0 amide bonds. The van der Waals surface area contributed by atoms with Gasteiger partial charge in [-0.3, -0.25) is 10.9 Å². The summed E-state index contributed by atoms with van der Waals surface area (Å²) in [7, 11) is 0. The maximum atomic E-state index is 5.98. The Labute approximate surface area is 185 Å². The lowest BCUT2D eigenvalue weighted by Gasteiger charge is -2.28. The van der Waals surface area contributed by atoms with Crippen molar-refractivity contribution in [1.82, 2.24) is 5.53 Å². The molecule has 0 radical (unpaired) electrons. The van der Waals surface area contributed by atoms with Crippen LogP contribution in [0.4, 0.5) is 5.69 Å². The molecule has 31 heavy (non-hydrogen) atoms. The molecule has 0 aromatic heterocycles. The molecule has 4 rings (SSSR count). The van der Waals surface area contributed by atoms with E-state index < -0.39 is 0 Å². The van der Waals surface area contributed by atoms with Crippen molar-refractivity contribution in [2.45, 2.75) is 20.8 Å². The topological polar surface area (TPSA) is 41.3 Å². The van der Waals surface area contributed by atoms with Crippen LogP contribution in [0, 0.1) is 5.41 Å². The molecule has 3 nitrogen and oxygen atoms in total. The van der Waals surface area contributed by atoms with Crippen molar-refractivity contribution in [2.75, 3.05) is 5.01 Å². The van der Waals surface area contributed by atoms with Crippen LogP contribution >= 0.6 is 0 Å². The van der Waals surface area contributed by atoms with Crippen LogP contribution in [0.25, 0.3) is 16.7 Å². The molecular formula is C28H29N3. The molecule has 2 aromatic carbocycles. The highest BCUT2D eigenvalue weighted by Gasteiger charge is 2.33. The number of benzene rings is 2. The van der Waals surface area contributed by atoms with Gasteiger partial charge in [-0.2, -0.15) is 5.53 Å². The predicted molar refractivity (Wildman–Crippen MR) is 133 cm³/mol. The molecule has 0 spiro atoms. The lowest BCUT2D eigenvalue weighted by molar-refractivity contribution is 0.605. The third kappa shape index (κ3) is 3.98. The minimum absolute atomic E-state index is 0.112. The molecule has 0 saturated heterocycles. The fourth-order valence-electron chi connectivity index (χ4n) is 4.23. The summed E-state index contributed by atoms with van der Waals surface area (Å²) in [4.78, 5) is 0. The monoisotopic (exact) mass is 407 g/mol. The molecule has 1 heterocycles. The lowest BCUT2D eigenvalue weighted by atomic mass is 9.83. The largest absolute Gasteiger partial charge is 0.270 e. The van der Waals surface area contributed by atoms with E-state index in [1.807, 2.05) is 30.2 Å². The summed E-state index contributed by atoms with van der Waals surface area (Å²) in [5.41, 5.74) is 11.6. The van der Waals surface area contributed by atoms with E-state index in [1.165, 1.54) is 16.7 Å². The Morgan fingerprint density at radius 1 is 1.03 bits per heavy atom. The molecular weight excluding hydrogens is 378 g/mol. The number of allylic oxidation sites excluding steroid dienone is 10. The van der Waals surface area contributed by atoms with Crippen molar-refractivity contribution in [2.24, 2.45) is 11.3 Å². The molecule has 156 valence electrons. The van der Waals surface area contributed by atoms with Crippen molar-refractivity contribution in [3.05, 3.63) is 120 Å². The van der Waals surface area contributed by atoms with E-state index in [9.17, 15) is 0 Å². The third-order valence-corrected chi connectivity index (χ3v) is 5.82. The van der Waals surface area contributed by atoms with Gasteiger partial charge in [0.1, 0.15) is 0 Å². The van der Waals surface area contributed by atoms with Gasteiger partial charge in [-0.05, 0) is 46.9 Å². The average Bonchev–Trinajstić information content (AvgIpc) is 3.00. The van der Waals surface area contributed by atoms with Gasteiger partial charge in [-0.25, -0.2) is 0 Å².